The van der Waals surface area contributed by atoms with Gasteiger partial charge in [0.2, 0.25) is 5.91 Å². The highest BCUT2D eigenvalue weighted by molar-refractivity contribution is 8.18. The van der Waals surface area contributed by atoms with Crippen LogP contribution in [-0.2, 0) is 16.0 Å². The Labute approximate surface area is 187 Å². The highest BCUT2D eigenvalue weighted by Crippen LogP contribution is 2.32. The van der Waals surface area contributed by atoms with Crippen LogP contribution in [0.4, 0.5) is 9.18 Å². The summed E-state index contributed by atoms with van der Waals surface area (Å²) < 4.78 is 24.5. The molecule has 1 N–H and O–H groups in total. The van der Waals surface area contributed by atoms with Crippen LogP contribution in [0.15, 0.2) is 58.1 Å². The van der Waals surface area contributed by atoms with Crippen LogP contribution in [0.25, 0.3) is 17.0 Å². The number of hydrogen-bond acceptors (Lipinski definition) is 6. The van der Waals surface area contributed by atoms with Crippen molar-refractivity contribution in [2.75, 3.05) is 20.2 Å². The molecule has 1 saturated heterocycles. The molecule has 1 aliphatic rings. The minimum atomic E-state index is -0.507. The molecule has 1 aliphatic heterocycles. The van der Waals surface area contributed by atoms with Gasteiger partial charge in [0, 0.05) is 35.7 Å². The van der Waals surface area contributed by atoms with Crippen molar-refractivity contribution in [2.45, 2.75) is 6.42 Å². The lowest BCUT2D eigenvalue weighted by atomic mass is 10.1. The zero-order valence-corrected chi connectivity index (χ0v) is 17.9. The van der Waals surface area contributed by atoms with Gasteiger partial charge in [-0.1, -0.05) is 18.2 Å². The van der Waals surface area contributed by atoms with Gasteiger partial charge in [0.15, 0.2) is 0 Å². The second kappa shape index (κ2) is 9.27. The average Bonchev–Trinajstić information content (AvgIpc) is 3.30. The van der Waals surface area contributed by atoms with Crippen molar-refractivity contribution in [3.63, 3.8) is 0 Å². The summed E-state index contributed by atoms with van der Waals surface area (Å²) in [7, 11) is 1.56. The molecule has 32 heavy (non-hydrogen) atoms. The Morgan fingerprint density at radius 3 is 2.84 bits per heavy atom. The number of ether oxygens (including phenoxy) is 1. The molecular formula is C23H19FN2O5S. The quantitative estimate of drug-likeness (QED) is 0.544. The predicted octanol–water partition coefficient (Wildman–Crippen LogP) is 3.98. The van der Waals surface area contributed by atoms with E-state index in [1.807, 2.05) is 6.07 Å². The molecule has 3 aromatic rings. The average molecular weight is 454 g/mol. The van der Waals surface area contributed by atoms with Gasteiger partial charge in [-0.2, -0.15) is 0 Å². The van der Waals surface area contributed by atoms with Crippen LogP contribution in [0.2, 0.25) is 0 Å². The van der Waals surface area contributed by atoms with Crippen LogP contribution in [0.1, 0.15) is 11.1 Å². The van der Waals surface area contributed by atoms with Crippen molar-refractivity contribution in [3.05, 3.63) is 70.6 Å². The maximum absolute atomic E-state index is 13.8. The minimum Gasteiger partial charge on any atom is -0.497 e. The normalized spacial score (nSPS) is 15.1. The van der Waals surface area contributed by atoms with Gasteiger partial charge in [-0.15, -0.1) is 0 Å². The number of thioether (sulfide) groups is 1. The number of furan rings is 1. The maximum atomic E-state index is 13.8. The number of carbonyl (C=O) groups excluding carboxylic acids is 3. The monoisotopic (exact) mass is 454 g/mol. The van der Waals surface area contributed by atoms with E-state index in [9.17, 15) is 18.8 Å². The summed E-state index contributed by atoms with van der Waals surface area (Å²) in [4.78, 5) is 38.2. The number of nitrogens with zero attached hydrogens (tertiary/aromatic N) is 1. The van der Waals surface area contributed by atoms with Crippen molar-refractivity contribution in [1.82, 2.24) is 10.2 Å². The SMILES string of the molecule is COc1ccc2c(CC(=O)NCCN3C(=O)S/C(=C\c4ccccc4F)C3=O)coc2c1. The molecule has 1 fully saturated rings. The molecule has 0 saturated carbocycles. The highest BCUT2D eigenvalue weighted by atomic mass is 32.2. The molecule has 0 unspecified atom stereocenters. The van der Waals surface area contributed by atoms with E-state index in [1.54, 1.807) is 31.4 Å². The Kier molecular flexibility index (Phi) is 6.27. The molecule has 164 valence electrons. The highest BCUT2D eigenvalue weighted by Gasteiger charge is 2.34. The van der Waals surface area contributed by atoms with E-state index in [-0.39, 0.29) is 35.9 Å². The summed E-state index contributed by atoms with van der Waals surface area (Å²) in [6.45, 7) is 0.127. The number of nitrogens with one attached hydrogen (secondary N) is 1. The number of hydrogen-bond donors (Lipinski definition) is 1. The number of halogens is 1. The summed E-state index contributed by atoms with van der Waals surface area (Å²) >= 11 is 0.749. The standard InChI is InChI=1S/C23H19FN2O5S/c1-30-16-6-7-17-15(13-31-19(17)12-16)11-21(27)25-8-9-26-22(28)20(32-23(26)29)10-14-4-2-3-5-18(14)24/h2-7,10,12-13H,8-9,11H2,1H3,(H,25,27)/b20-10-. The number of carbonyl (C=O) groups is 3. The van der Waals surface area contributed by atoms with Gasteiger partial charge in [-0.25, -0.2) is 4.39 Å². The van der Waals surface area contributed by atoms with Crippen LogP contribution in [0, 0.1) is 5.82 Å². The van der Waals surface area contributed by atoms with Crippen LogP contribution in [0.3, 0.4) is 0 Å². The molecule has 0 spiro atoms. The Morgan fingerprint density at radius 1 is 1.25 bits per heavy atom. The Balaban J connectivity index is 1.33. The molecule has 9 heteroatoms. The topological polar surface area (TPSA) is 88.9 Å². The summed E-state index contributed by atoms with van der Waals surface area (Å²) in [6.07, 6.45) is 2.97. The van der Waals surface area contributed by atoms with Crippen LogP contribution < -0.4 is 10.1 Å². The van der Waals surface area contributed by atoms with E-state index < -0.39 is 17.0 Å². The van der Waals surface area contributed by atoms with E-state index in [1.165, 1.54) is 24.5 Å². The largest absolute Gasteiger partial charge is 0.497 e. The molecular weight excluding hydrogens is 435 g/mol. The fourth-order valence-corrected chi connectivity index (χ4v) is 4.15. The van der Waals surface area contributed by atoms with Gasteiger partial charge in [0.25, 0.3) is 11.1 Å². The molecule has 1 aromatic heterocycles. The second-order valence-corrected chi connectivity index (χ2v) is 8.00. The number of imide groups is 1. The molecule has 3 amide bonds. The lowest BCUT2D eigenvalue weighted by Crippen LogP contribution is -2.37. The van der Waals surface area contributed by atoms with Gasteiger partial charge >= 0.3 is 0 Å². The van der Waals surface area contributed by atoms with Crippen molar-refractivity contribution >= 4 is 45.9 Å². The van der Waals surface area contributed by atoms with E-state index >= 15 is 0 Å². The Bertz CT molecular complexity index is 1240. The first kappa shape index (κ1) is 21.6. The number of fused-ring (bicyclic) bond motifs is 1. The first-order valence-corrected chi connectivity index (χ1v) is 10.6. The summed E-state index contributed by atoms with van der Waals surface area (Å²) in [5, 5.41) is 3.06. The zero-order valence-electron chi connectivity index (χ0n) is 17.1. The van der Waals surface area contributed by atoms with Crippen LogP contribution in [0.5, 0.6) is 5.75 Å². The predicted molar refractivity (Wildman–Crippen MR) is 119 cm³/mol. The Morgan fingerprint density at radius 2 is 2.06 bits per heavy atom. The molecule has 7 nitrogen and oxygen atoms in total. The molecule has 0 aliphatic carbocycles. The Hall–Kier alpha value is -3.59. The smallest absolute Gasteiger partial charge is 0.293 e. The number of amides is 3. The molecule has 0 bridgehead atoms. The van der Waals surface area contributed by atoms with Gasteiger partial charge < -0.3 is 14.5 Å². The van der Waals surface area contributed by atoms with E-state index in [0.717, 1.165) is 27.6 Å². The molecule has 2 aromatic carbocycles. The lowest BCUT2D eigenvalue weighted by Gasteiger charge is -2.12. The lowest BCUT2D eigenvalue weighted by molar-refractivity contribution is -0.124. The van der Waals surface area contributed by atoms with E-state index in [0.29, 0.717) is 11.3 Å². The molecule has 4 rings (SSSR count). The molecule has 0 radical (unpaired) electrons. The van der Waals surface area contributed by atoms with Gasteiger partial charge in [0.1, 0.15) is 17.1 Å². The van der Waals surface area contributed by atoms with E-state index in [2.05, 4.69) is 5.32 Å². The third kappa shape index (κ3) is 4.52. The summed E-state index contributed by atoms with van der Waals surface area (Å²) in [6, 6.07) is 11.4. The van der Waals surface area contributed by atoms with E-state index in [4.69, 9.17) is 9.15 Å². The third-order valence-electron chi connectivity index (χ3n) is 4.94. The first-order chi connectivity index (χ1) is 15.5. The second-order valence-electron chi connectivity index (χ2n) is 7.00. The molecule has 2 heterocycles. The first-order valence-electron chi connectivity index (χ1n) is 9.77. The maximum Gasteiger partial charge on any atom is 0.293 e. The van der Waals surface area contributed by atoms with Crippen molar-refractivity contribution in [2.24, 2.45) is 0 Å². The van der Waals surface area contributed by atoms with Crippen molar-refractivity contribution < 1.29 is 27.9 Å². The summed E-state index contributed by atoms with van der Waals surface area (Å²) in [5.74, 6) is -0.592. The fourth-order valence-electron chi connectivity index (χ4n) is 3.30. The summed E-state index contributed by atoms with van der Waals surface area (Å²) in [5.41, 5.74) is 1.57. The van der Waals surface area contributed by atoms with Gasteiger partial charge in [0.05, 0.1) is 24.7 Å². The van der Waals surface area contributed by atoms with Gasteiger partial charge in [-0.3, -0.25) is 19.3 Å². The number of benzene rings is 2. The van der Waals surface area contributed by atoms with Crippen molar-refractivity contribution in [1.29, 1.82) is 0 Å². The fraction of sp³-hybridized carbons (Fsp3) is 0.174. The van der Waals surface area contributed by atoms with Crippen molar-refractivity contribution in [3.8, 4) is 5.75 Å². The van der Waals surface area contributed by atoms with Crippen LogP contribution in [-0.4, -0.2) is 42.2 Å². The number of methoxy groups -OCH3 is 1. The third-order valence-corrected chi connectivity index (χ3v) is 5.84. The zero-order chi connectivity index (χ0) is 22.7. The minimum absolute atomic E-state index is 0.0222. The molecule has 0 atom stereocenters. The van der Waals surface area contributed by atoms with Gasteiger partial charge in [-0.05, 0) is 36.0 Å². The number of rotatable bonds is 7. The van der Waals surface area contributed by atoms with Crippen LogP contribution >= 0.6 is 11.8 Å².